The Kier molecular flexibility index (Phi) is 3.91. The van der Waals surface area contributed by atoms with Crippen LogP contribution >= 0.6 is 11.8 Å². The lowest BCUT2D eigenvalue weighted by Gasteiger charge is -2.18. The van der Waals surface area contributed by atoms with Crippen LogP contribution in [0.1, 0.15) is 27.2 Å². The van der Waals surface area contributed by atoms with Gasteiger partial charge >= 0.3 is 0 Å². The highest BCUT2D eigenvalue weighted by atomic mass is 32.2. The predicted octanol–water partition coefficient (Wildman–Crippen LogP) is 2.38. The van der Waals surface area contributed by atoms with Crippen LogP contribution < -0.4 is 5.32 Å². The van der Waals surface area contributed by atoms with Gasteiger partial charge in [0.25, 0.3) is 0 Å². The molecule has 2 heteroatoms. The van der Waals surface area contributed by atoms with Crippen molar-refractivity contribution in [3.05, 3.63) is 0 Å². The third-order valence-corrected chi connectivity index (χ3v) is 3.83. The van der Waals surface area contributed by atoms with Crippen molar-refractivity contribution >= 4 is 11.8 Å². The van der Waals surface area contributed by atoms with Gasteiger partial charge in [-0.15, -0.1) is 0 Å². The van der Waals surface area contributed by atoms with Gasteiger partial charge in [0, 0.05) is 0 Å². The Hall–Kier alpha value is 0.310. The molecule has 1 unspecified atom stereocenters. The molecule has 1 atom stereocenters. The maximum absolute atomic E-state index is 3.41. The Morgan fingerprint density at radius 1 is 1.42 bits per heavy atom. The fourth-order valence-electron chi connectivity index (χ4n) is 1.39. The van der Waals surface area contributed by atoms with Crippen LogP contribution in [0, 0.1) is 11.3 Å². The van der Waals surface area contributed by atoms with Crippen molar-refractivity contribution in [2.24, 2.45) is 11.3 Å². The first-order chi connectivity index (χ1) is 5.58. The second-order valence-electron chi connectivity index (χ2n) is 4.93. The third-order valence-electron chi connectivity index (χ3n) is 2.05. The Balaban J connectivity index is 2.02. The summed E-state index contributed by atoms with van der Waals surface area (Å²) >= 11 is 2.12. The van der Waals surface area contributed by atoms with Gasteiger partial charge < -0.3 is 5.32 Å². The second-order valence-corrected chi connectivity index (χ2v) is 5.96. The summed E-state index contributed by atoms with van der Waals surface area (Å²) in [5.41, 5.74) is 0.497. The lowest BCUT2D eigenvalue weighted by atomic mass is 10.0. The fourth-order valence-corrected chi connectivity index (χ4v) is 2.74. The molecule has 0 saturated carbocycles. The quantitative estimate of drug-likeness (QED) is 0.728. The molecule has 1 heterocycles. The molecule has 12 heavy (non-hydrogen) atoms. The molecule has 0 aromatic carbocycles. The molecule has 1 rings (SSSR count). The van der Waals surface area contributed by atoms with E-state index in [1.54, 1.807) is 0 Å². The van der Waals surface area contributed by atoms with E-state index < -0.39 is 0 Å². The number of thioether (sulfide) groups is 1. The molecule has 0 aliphatic carbocycles. The Morgan fingerprint density at radius 3 is 2.67 bits per heavy atom. The third kappa shape index (κ3) is 4.36. The summed E-state index contributed by atoms with van der Waals surface area (Å²) in [7, 11) is 0. The molecule has 0 bridgehead atoms. The standard InChI is InChI=1S/C10H21NS/c1-10(2,3)8-12-7-9-4-5-11-6-9/h9,11H,4-8H2,1-3H3. The minimum Gasteiger partial charge on any atom is -0.316 e. The summed E-state index contributed by atoms with van der Waals surface area (Å²) in [4.78, 5) is 0. The van der Waals surface area contributed by atoms with Crippen molar-refractivity contribution in [2.75, 3.05) is 24.6 Å². The van der Waals surface area contributed by atoms with Crippen LogP contribution in [0.4, 0.5) is 0 Å². The van der Waals surface area contributed by atoms with Gasteiger partial charge in [0.15, 0.2) is 0 Å². The van der Waals surface area contributed by atoms with Gasteiger partial charge in [-0.1, -0.05) is 20.8 Å². The monoisotopic (exact) mass is 187 g/mol. The smallest absolute Gasteiger partial charge is 0.00121 e. The SMILES string of the molecule is CC(C)(C)CSCC1CCNC1. The Labute approximate surface area is 80.7 Å². The van der Waals surface area contributed by atoms with E-state index >= 15 is 0 Å². The summed E-state index contributed by atoms with van der Waals surface area (Å²) in [6.07, 6.45) is 1.39. The molecule has 72 valence electrons. The van der Waals surface area contributed by atoms with Gasteiger partial charge in [-0.25, -0.2) is 0 Å². The molecule has 0 aromatic heterocycles. The highest BCUT2D eigenvalue weighted by molar-refractivity contribution is 7.99. The number of nitrogens with one attached hydrogen (secondary N) is 1. The summed E-state index contributed by atoms with van der Waals surface area (Å²) in [5, 5.41) is 3.41. The van der Waals surface area contributed by atoms with E-state index in [4.69, 9.17) is 0 Å². The van der Waals surface area contributed by atoms with E-state index in [9.17, 15) is 0 Å². The number of rotatable bonds is 3. The summed E-state index contributed by atoms with van der Waals surface area (Å²) < 4.78 is 0. The number of hydrogen-bond acceptors (Lipinski definition) is 2. The Bertz CT molecular complexity index is 122. The fraction of sp³-hybridized carbons (Fsp3) is 1.00. The first kappa shape index (κ1) is 10.4. The van der Waals surface area contributed by atoms with Crippen LogP contribution in [0.15, 0.2) is 0 Å². The lowest BCUT2D eigenvalue weighted by Crippen LogP contribution is -2.13. The van der Waals surface area contributed by atoms with Crippen LogP contribution in [0.3, 0.4) is 0 Å². The minimum atomic E-state index is 0.497. The molecule has 1 fully saturated rings. The average Bonchev–Trinajstić information content (AvgIpc) is 2.36. The summed E-state index contributed by atoms with van der Waals surface area (Å²) in [6.45, 7) is 9.42. The molecule has 1 aliphatic rings. The largest absolute Gasteiger partial charge is 0.316 e. The van der Waals surface area contributed by atoms with E-state index in [0.29, 0.717) is 5.41 Å². The highest BCUT2D eigenvalue weighted by Gasteiger charge is 2.16. The van der Waals surface area contributed by atoms with Crippen molar-refractivity contribution in [1.82, 2.24) is 5.32 Å². The normalized spacial score (nSPS) is 24.8. The molecule has 1 N–H and O–H groups in total. The second kappa shape index (κ2) is 4.52. The van der Waals surface area contributed by atoms with Crippen LogP contribution in [-0.4, -0.2) is 24.6 Å². The topological polar surface area (TPSA) is 12.0 Å². The van der Waals surface area contributed by atoms with Crippen molar-refractivity contribution in [2.45, 2.75) is 27.2 Å². The van der Waals surface area contributed by atoms with Crippen molar-refractivity contribution in [3.8, 4) is 0 Å². The van der Waals surface area contributed by atoms with E-state index in [0.717, 1.165) is 5.92 Å². The zero-order valence-electron chi connectivity index (χ0n) is 8.52. The van der Waals surface area contributed by atoms with Gasteiger partial charge in [-0.05, 0) is 42.3 Å². The first-order valence-corrected chi connectivity index (χ1v) is 6.02. The molecule has 0 spiro atoms. The molecule has 0 aromatic rings. The lowest BCUT2D eigenvalue weighted by molar-refractivity contribution is 0.480. The maximum atomic E-state index is 3.41. The molecule has 1 nitrogen and oxygen atoms in total. The predicted molar refractivity (Wildman–Crippen MR) is 57.8 cm³/mol. The zero-order chi connectivity index (χ0) is 9.03. The van der Waals surface area contributed by atoms with Gasteiger partial charge in [0.2, 0.25) is 0 Å². The zero-order valence-corrected chi connectivity index (χ0v) is 9.34. The van der Waals surface area contributed by atoms with E-state index in [1.807, 2.05) is 0 Å². The van der Waals surface area contributed by atoms with Crippen molar-refractivity contribution in [1.29, 1.82) is 0 Å². The van der Waals surface area contributed by atoms with Crippen LogP contribution in [-0.2, 0) is 0 Å². The Morgan fingerprint density at radius 2 is 2.17 bits per heavy atom. The van der Waals surface area contributed by atoms with E-state index in [1.165, 1.54) is 31.0 Å². The van der Waals surface area contributed by atoms with Gasteiger partial charge in [-0.3, -0.25) is 0 Å². The van der Waals surface area contributed by atoms with Gasteiger partial charge in [0.1, 0.15) is 0 Å². The molecule has 1 saturated heterocycles. The van der Waals surface area contributed by atoms with Crippen LogP contribution in [0.2, 0.25) is 0 Å². The molecule has 0 amide bonds. The van der Waals surface area contributed by atoms with E-state index in [2.05, 4.69) is 37.8 Å². The molecular formula is C10H21NS. The molecule has 1 aliphatic heterocycles. The minimum absolute atomic E-state index is 0.497. The summed E-state index contributed by atoms with van der Waals surface area (Å²) in [6, 6.07) is 0. The molecule has 0 radical (unpaired) electrons. The van der Waals surface area contributed by atoms with Crippen LogP contribution in [0.25, 0.3) is 0 Å². The first-order valence-electron chi connectivity index (χ1n) is 4.86. The van der Waals surface area contributed by atoms with Crippen molar-refractivity contribution in [3.63, 3.8) is 0 Å². The average molecular weight is 187 g/mol. The number of hydrogen-bond donors (Lipinski definition) is 1. The molecular weight excluding hydrogens is 166 g/mol. The van der Waals surface area contributed by atoms with Gasteiger partial charge in [-0.2, -0.15) is 11.8 Å². The summed E-state index contributed by atoms with van der Waals surface area (Å²) in [5.74, 6) is 3.59. The van der Waals surface area contributed by atoms with Crippen LogP contribution in [0.5, 0.6) is 0 Å². The van der Waals surface area contributed by atoms with Crippen molar-refractivity contribution < 1.29 is 0 Å². The maximum Gasteiger partial charge on any atom is -0.00121 e. The highest BCUT2D eigenvalue weighted by Crippen LogP contribution is 2.23. The van der Waals surface area contributed by atoms with Gasteiger partial charge in [0.05, 0.1) is 0 Å². The van der Waals surface area contributed by atoms with E-state index in [-0.39, 0.29) is 0 Å².